The topological polar surface area (TPSA) is 60.0 Å². The Morgan fingerprint density at radius 3 is 2.89 bits per heavy atom. The van der Waals surface area contributed by atoms with Crippen LogP contribution in [-0.4, -0.2) is 24.1 Å². The summed E-state index contributed by atoms with van der Waals surface area (Å²) in [4.78, 5) is 4.33. The first-order valence-corrected chi connectivity index (χ1v) is 6.38. The van der Waals surface area contributed by atoms with Gasteiger partial charge in [0.1, 0.15) is 5.82 Å². The molecule has 0 aromatic carbocycles. The molecule has 0 bridgehead atoms. The molecule has 3 aromatic rings. The van der Waals surface area contributed by atoms with E-state index >= 15 is 0 Å². The molecular weight excluding hydrogens is 240 g/mol. The van der Waals surface area contributed by atoms with E-state index in [2.05, 4.69) is 32.0 Å². The third-order valence-corrected chi connectivity index (χ3v) is 3.09. The molecule has 98 valence electrons. The van der Waals surface area contributed by atoms with Crippen LogP contribution in [0, 0.1) is 0 Å². The van der Waals surface area contributed by atoms with Gasteiger partial charge in [-0.05, 0) is 19.1 Å². The average molecular weight is 256 g/mol. The Labute approximate surface area is 111 Å². The van der Waals surface area contributed by atoms with Crippen molar-refractivity contribution in [1.29, 1.82) is 0 Å². The number of hydrogen-bond acceptors (Lipinski definition) is 4. The monoisotopic (exact) mass is 256 g/mol. The van der Waals surface area contributed by atoms with Crippen molar-refractivity contribution in [3.8, 4) is 0 Å². The third-order valence-electron chi connectivity index (χ3n) is 3.09. The number of aromatic nitrogens is 5. The Morgan fingerprint density at radius 2 is 2.00 bits per heavy atom. The van der Waals surface area contributed by atoms with Crippen LogP contribution in [0.1, 0.15) is 18.6 Å². The predicted molar refractivity (Wildman–Crippen MR) is 71.4 cm³/mol. The first kappa shape index (κ1) is 11.9. The van der Waals surface area contributed by atoms with Crippen LogP contribution in [0.2, 0.25) is 0 Å². The molecule has 6 nitrogen and oxygen atoms in total. The molecule has 0 aliphatic rings. The second-order valence-electron chi connectivity index (χ2n) is 4.28. The summed E-state index contributed by atoms with van der Waals surface area (Å²) in [5.41, 5.74) is 0.870. The Hall–Kier alpha value is -2.21. The van der Waals surface area contributed by atoms with Crippen molar-refractivity contribution in [2.45, 2.75) is 26.6 Å². The van der Waals surface area contributed by atoms with Crippen LogP contribution in [0.15, 0.2) is 36.8 Å². The molecule has 0 aliphatic heterocycles. The maximum atomic E-state index is 4.33. The van der Waals surface area contributed by atoms with Gasteiger partial charge in [-0.1, -0.05) is 6.07 Å². The van der Waals surface area contributed by atoms with E-state index in [1.165, 1.54) is 0 Å². The van der Waals surface area contributed by atoms with E-state index < -0.39 is 0 Å². The van der Waals surface area contributed by atoms with Crippen LogP contribution in [0.3, 0.4) is 0 Å². The van der Waals surface area contributed by atoms with E-state index in [1.807, 2.05) is 41.2 Å². The number of hydrogen-bond donors (Lipinski definition) is 1. The Bertz CT molecular complexity index is 668. The highest BCUT2D eigenvalue weighted by Crippen LogP contribution is 2.03. The van der Waals surface area contributed by atoms with Crippen LogP contribution in [0.25, 0.3) is 5.65 Å². The Balaban J connectivity index is 1.67. The smallest absolute Gasteiger partial charge is 0.160 e. The lowest BCUT2D eigenvalue weighted by Gasteiger charge is -2.05. The van der Waals surface area contributed by atoms with Gasteiger partial charge in [-0.15, -0.1) is 10.2 Å². The van der Waals surface area contributed by atoms with Crippen LogP contribution in [0.4, 0.5) is 0 Å². The summed E-state index contributed by atoms with van der Waals surface area (Å²) in [5, 5.41) is 11.7. The molecule has 0 saturated carbocycles. The van der Waals surface area contributed by atoms with Crippen molar-refractivity contribution in [2.24, 2.45) is 0 Å². The molecule has 0 radical (unpaired) electrons. The van der Waals surface area contributed by atoms with Gasteiger partial charge in [0.15, 0.2) is 11.5 Å². The fourth-order valence-electron chi connectivity index (χ4n) is 2.09. The molecule has 3 rings (SSSR count). The Morgan fingerprint density at radius 1 is 1.11 bits per heavy atom. The Kier molecular flexibility index (Phi) is 3.24. The molecule has 0 unspecified atom stereocenters. The van der Waals surface area contributed by atoms with Gasteiger partial charge in [-0.3, -0.25) is 4.40 Å². The maximum Gasteiger partial charge on any atom is 0.160 e. The number of pyridine rings is 1. The molecule has 0 saturated heterocycles. The van der Waals surface area contributed by atoms with E-state index in [1.54, 1.807) is 0 Å². The van der Waals surface area contributed by atoms with E-state index in [9.17, 15) is 0 Å². The summed E-state index contributed by atoms with van der Waals surface area (Å²) < 4.78 is 4.11. The lowest BCUT2D eigenvalue weighted by atomic mass is 10.4. The van der Waals surface area contributed by atoms with E-state index in [0.717, 1.165) is 30.4 Å². The van der Waals surface area contributed by atoms with Gasteiger partial charge < -0.3 is 9.88 Å². The van der Waals surface area contributed by atoms with Crippen molar-refractivity contribution < 1.29 is 0 Å². The second-order valence-corrected chi connectivity index (χ2v) is 4.28. The zero-order chi connectivity index (χ0) is 13.1. The number of rotatable bonds is 5. The number of aryl methyl sites for hydroxylation is 1. The van der Waals surface area contributed by atoms with Crippen LogP contribution < -0.4 is 5.32 Å². The van der Waals surface area contributed by atoms with Crippen molar-refractivity contribution in [3.63, 3.8) is 0 Å². The molecule has 0 aliphatic carbocycles. The van der Waals surface area contributed by atoms with Crippen LogP contribution in [-0.2, 0) is 19.6 Å². The van der Waals surface area contributed by atoms with Crippen molar-refractivity contribution >= 4 is 5.65 Å². The van der Waals surface area contributed by atoms with E-state index in [4.69, 9.17) is 0 Å². The van der Waals surface area contributed by atoms with Gasteiger partial charge in [-0.2, -0.15) is 0 Å². The second kappa shape index (κ2) is 5.19. The van der Waals surface area contributed by atoms with Gasteiger partial charge in [0.2, 0.25) is 0 Å². The van der Waals surface area contributed by atoms with Crippen LogP contribution in [0.5, 0.6) is 0 Å². The number of imidazole rings is 1. The average Bonchev–Trinajstić information content (AvgIpc) is 3.06. The molecule has 1 N–H and O–H groups in total. The molecule has 0 spiro atoms. The SMILES string of the molecule is CCn1ccnc1CNCc1nnc2ccccn12. The quantitative estimate of drug-likeness (QED) is 0.746. The van der Waals surface area contributed by atoms with Crippen molar-refractivity contribution in [3.05, 3.63) is 48.4 Å². The van der Waals surface area contributed by atoms with Crippen molar-refractivity contribution in [2.75, 3.05) is 0 Å². The van der Waals surface area contributed by atoms with Gasteiger partial charge in [-0.25, -0.2) is 4.98 Å². The molecule has 19 heavy (non-hydrogen) atoms. The number of fused-ring (bicyclic) bond motifs is 1. The molecule has 3 heterocycles. The predicted octanol–water partition coefficient (Wildman–Crippen LogP) is 1.24. The summed E-state index contributed by atoms with van der Waals surface area (Å²) >= 11 is 0. The third kappa shape index (κ3) is 2.34. The molecule has 0 amide bonds. The van der Waals surface area contributed by atoms with Gasteiger partial charge in [0.25, 0.3) is 0 Å². The largest absolute Gasteiger partial charge is 0.334 e. The highest BCUT2D eigenvalue weighted by molar-refractivity contribution is 5.36. The molecular formula is C13H16N6. The minimum atomic E-state index is 0.668. The molecule has 0 atom stereocenters. The summed E-state index contributed by atoms with van der Waals surface area (Å²) in [6, 6.07) is 5.88. The lowest BCUT2D eigenvalue weighted by molar-refractivity contribution is 0.597. The maximum absolute atomic E-state index is 4.33. The summed E-state index contributed by atoms with van der Waals surface area (Å²) in [7, 11) is 0. The highest BCUT2D eigenvalue weighted by Gasteiger charge is 2.05. The first-order chi connectivity index (χ1) is 9.38. The van der Waals surface area contributed by atoms with Crippen molar-refractivity contribution in [1.82, 2.24) is 29.5 Å². The molecule has 0 fully saturated rings. The summed E-state index contributed by atoms with van der Waals surface area (Å²) in [6.07, 6.45) is 5.79. The highest BCUT2D eigenvalue weighted by atomic mass is 15.3. The fraction of sp³-hybridized carbons (Fsp3) is 0.308. The molecule has 3 aromatic heterocycles. The summed E-state index contributed by atoms with van der Waals surface area (Å²) in [6.45, 7) is 4.44. The van der Waals surface area contributed by atoms with Crippen LogP contribution >= 0.6 is 0 Å². The van der Waals surface area contributed by atoms with E-state index in [0.29, 0.717) is 6.54 Å². The normalized spacial score (nSPS) is 11.2. The number of nitrogens with zero attached hydrogens (tertiary/aromatic N) is 5. The lowest BCUT2D eigenvalue weighted by Crippen LogP contribution is -2.18. The fourth-order valence-corrected chi connectivity index (χ4v) is 2.09. The zero-order valence-corrected chi connectivity index (χ0v) is 10.8. The van der Waals surface area contributed by atoms with Gasteiger partial charge >= 0.3 is 0 Å². The van der Waals surface area contributed by atoms with Gasteiger partial charge in [0.05, 0.1) is 13.1 Å². The van der Waals surface area contributed by atoms with E-state index in [-0.39, 0.29) is 0 Å². The molecule has 6 heteroatoms. The number of nitrogens with one attached hydrogen (secondary N) is 1. The minimum absolute atomic E-state index is 0.668. The minimum Gasteiger partial charge on any atom is -0.334 e. The zero-order valence-electron chi connectivity index (χ0n) is 10.8. The standard InChI is InChI=1S/C13H16N6/c1-2-18-8-6-15-12(18)9-14-10-13-17-16-11-5-3-4-7-19(11)13/h3-8,14H,2,9-10H2,1H3. The summed E-state index contributed by atoms with van der Waals surface area (Å²) in [5.74, 6) is 1.95. The van der Waals surface area contributed by atoms with Gasteiger partial charge in [0, 0.05) is 25.1 Å². The first-order valence-electron chi connectivity index (χ1n) is 6.38.